The third-order valence-electron chi connectivity index (χ3n) is 3.19. The lowest BCUT2D eigenvalue weighted by Crippen LogP contribution is -2.32. The van der Waals surface area contributed by atoms with Crippen molar-refractivity contribution in [2.75, 3.05) is 19.5 Å². The molecule has 0 fully saturated rings. The Morgan fingerprint density at radius 1 is 1.12 bits per heavy atom. The molecule has 0 spiro atoms. The van der Waals surface area contributed by atoms with Crippen LogP contribution in [0, 0.1) is 5.82 Å². The number of benzene rings is 2. The van der Waals surface area contributed by atoms with Crippen LogP contribution in [0.25, 0.3) is 6.08 Å². The van der Waals surface area contributed by atoms with E-state index in [1.165, 1.54) is 25.3 Å². The average molecular weight is 360 g/mol. The Labute approximate surface area is 150 Å². The number of carbonyl (C=O) groups is 1. The van der Waals surface area contributed by atoms with Crippen molar-refractivity contribution in [1.29, 1.82) is 0 Å². The molecule has 0 radical (unpaired) electrons. The maximum Gasteiger partial charge on any atom is 0.250 e. The van der Waals surface area contributed by atoms with E-state index in [0.29, 0.717) is 22.7 Å². The number of methoxy groups -OCH3 is 2. The summed E-state index contributed by atoms with van der Waals surface area (Å²) in [7, 11) is 3.08. The molecule has 130 valence electrons. The second-order valence-electron chi connectivity index (χ2n) is 4.89. The largest absolute Gasteiger partial charge is 0.497 e. The molecule has 25 heavy (non-hydrogen) atoms. The highest BCUT2D eigenvalue weighted by Gasteiger charge is 2.08. The first-order valence-electron chi connectivity index (χ1n) is 7.29. The van der Waals surface area contributed by atoms with Crippen LogP contribution < -0.4 is 20.1 Å². The Kier molecular flexibility index (Phi) is 6.47. The van der Waals surface area contributed by atoms with Gasteiger partial charge in [-0.15, -0.1) is 0 Å². The molecule has 5 nitrogen and oxygen atoms in total. The van der Waals surface area contributed by atoms with E-state index in [0.717, 1.165) is 0 Å². The van der Waals surface area contributed by atoms with Crippen molar-refractivity contribution in [3.8, 4) is 11.5 Å². The van der Waals surface area contributed by atoms with Gasteiger partial charge in [0.05, 0.1) is 19.9 Å². The molecule has 0 aliphatic carbocycles. The van der Waals surface area contributed by atoms with Crippen molar-refractivity contribution in [3.63, 3.8) is 0 Å². The van der Waals surface area contributed by atoms with Gasteiger partial charge in [-0.1, -0.05) is 12.1 Å². The van der Waals surface area contributed by atoms with E-state index in [2.05, 4.69) is 10.6 Å². The molecule has 2 rings (SSSR count). The number of carbonyl (C=O) groups excluding carboxylic acids is 1. The molecule has 0 aromatic heterocycles. The standard InChI is InChI=1S/C18H17FN2O3S/c1-23-14-8-9-16(24-2)15(11-14)20-18(25)21-17(22)10-5-12-3-6-13(19)7-4-12/h3-11H,1-2H3,(H2,20,21,22,25)/b10-5+. The van der Waals surface area contributed by atoms with Crippen LogP contribution in [-0.2, 0) is 4.79 Å². The zero-order valence-corrected chi connectivity index (χ0v) is 14.5. The van der Waals surface area contributed by atoms with Crippen molar-refractivity contribution in [3.05, 3.63) is 59.9 Å². The number of ether oxygens (including phenoxy) is 2. The summed E-state index contributed by atoms with van der Waals surface area (Å²) in [6, 6.07) is 10.9. The molecule has 0 bridgehead atoms. The zero-order valence-electron chi connectivity index (χ0n) is 13.7. The van der Waals surface area contributed by atoms with Crippen LogP contribution in [0.3, 0.4) is 0 Å². The van der Waals surface area contributed by atoms with Gasteiger partial charge in [0.25, 0.3) is 0 Å². The number of halogens is 1. The van der Waals surface area contributed by atoms with Gasteiger partial charge in [-0.3, -0.25) is 10.1 Å². The molecular formula is C18H17FN2O3S. The Hall–Kier alpha value is -2.93. The van der Waals surface area contributed by atoms with Crippen LogP contribution in [0.15, 0.2) is 48.5 Å². The minimum absolute atomic E-state index is 0.111. The maximum absolute atomic E-state index is 12.8. The van der Waals surface area contributed by atoms with Gasteiger partial charge >= 0.3 is 0 Å². The molecule has 0 aliphatic rings. The van der Waals surface area contributed by atoms with Crippen molar-refractivity contribution < 1.29 is 18.7 Å². The van der Waals surface area contributed by atoms with Crippen molar-refractivity contribution in [1.82, 2.24) is 5.32 Å². The first-order valence-corrected chi connectivity index (χ1v) is 7.70. The van der Waals surface area contributed by atoms with Crippen molar-refractivity contribution in [2.24, 2.45) is 0 Å². The topological polar surface area (TPSA) is 59.6 Å². The molecule has 2 aromatic rings. The van der Waals surface area contributed by atoms with E-state index in [9.17, 15) is 9.18 Å². The third kappa shape index (κ3) is 5.58. The zero-order chi connectivity index (χ0) is 18.2. The van der Waals surface area contributed by atoms with Crippen LogP contribution >= 0.6 is 12.2 Å². The van der Waals surface area contributed by atoms with E-state index < -0.39 is 5.91 Å². The lowest BCUT2D eigenvalue weighted by atomic mass is 10.2. The fraction of sp³-hybridized carbons (Fsp3) is 0.111. The highest BCUT2D eigenvalue weighted by Crippen LogP contribution is 2.28. The van der Waals surface area contributed by atoms with Crippen molar-refractivity contribution in [2.45, 2.75) is 0 Å². The first-order chi connectivity index (χ1) is 12.0. The average Bonchev–Trinajstić information content (AvgIpc) is 2.61. The van der Waals surface area contributed by atoms with Gasteiger partial charge in [0, 0.05) is 12.1 Å². The van der Waals surface area contributed by atoms with Gasteiger partial charge in [-0.25, -0.2) is 4.39 Å². The molecule has 0 saturated heterocycles. The summed E-state index contributed by atoms with van der Waals surface area (Å²) >= 11 is 5.12. The smallest absolute Gasteiger partial charge is 0.250 e. The Morgan fingerprint density at radius 2 is 1.84 bits per heavy atom. The molecule has 7 heteroatoms. The summed E-state index contributed by atoms with van der Waals surface area (Å²) in [5.41, 5.74) is 1.26. The lowest BCUT2D eigenvalue weighted by molar-refractivity contribution is -0.115. The SMILES string of the molecule is COc1ccc(OC)c(NC(=S)NC(=O)/C=C/c2ccc(F)cc2)c1. The van der Waals surface area contributed by atoms with Crippen molar-refractivity contribution >= 4 is 35.0 Å². The highest BCUT2D eigenvalue weighted by molar-refractivity contribution is 7.80. The fourth-order valence-corrected chi connectivity index (χ4v) is 2.18. The van der Waals surface area contributed by atoms with E-state index in [1.54, 1.807) is 43.5 Å². The molecular weight excluding hydrogens is 343 g/mol. The molecule has 0 aliphatic heterocycles. The number of nitrogens with one attached hydrogen (secondary N) is 2. The van der Waals surface area contributed by atoms with Crippen LogP contribution in [0.4, 0.5) is 10.1 Å². The Morgan fingerprint density at radius 3 is 2.48 bits per heavy atom. The lowest BCUT2D eigenvalue weighted by Gasteiger charge is -2.13. The minimum Gasteiger partial charge on any atom is -0.497 e. The maximum atomic E-state index is 12.8. The predicted molar refractivity (Wildman–Crippen MR) is 99.3 cm³/mol. The monoisotopic (exact) mass is 360 g/mol. The van der Waals surface area contributed by atoms with Gasteiger partial charge in [0.2, 0.25) is 5.91 Å². The van der Waals surface area contributed by atoms with Gasteiger partial charge in [0.1, 0.15) is 17.3 Å². The summed E-state index contributed by atoms with van der Waals surface area (Å²) < 4.78 is 23.2. The second-order valence-corrected chi connectivity index (χ2v) is 5.30. The van der Waals surface area contributed by atoms with Crippen LogP contribution in [0.5, 0.6) is 11.5 Å². The molecule has 0 heterocycles. The van der Waals surface area contributed by atoms with Gasteiger partial charge in [-0.05, 0) is 48.1 Å². The highest BCUT2D eigenvalue weighted by atomic mass is 32.1. The van der Waals surface area contributed by atoms with Gasteiger partial charge < -0.3 is 14.8 Å². The first kappa shape index (κ1) is 18.4. The van der Waals surface area contributed by atoms with E-state index in [1.807, 2.05) is 0 Å². The number of hydrogen-bond acceptors (Lipinski definition) is 4. The van der Waals surface area contributed by atoms with Crippen LogP contribution in [0.2, 0.25) is 0 Å². The van der Waals surface area contributed by atoms with Gasteiger partial charge in [-0.2, -0.15) is 0 Å². The quantitative estimate of drug-likeness (QED) is 0.632. The fourth-order valence-electron chi connectivity index (χ4n) is 1.96. The second kappa shape index (κ2) is 8.79. The summed E-state index contributed by atoms with van der Waals surface area (Å²) in [6.45, 7) is 0. The van der Waals surface area contributed by atoms with E-state index in [-0.39, 0.29) is 10.9 Å². The number of rotatable bonds is 5. The molecule has 0 atom stereocenters. The summed E-state index contributed by atoms with van der Waals surface area (Å²) in [5, 5.41) is 5.52. The minimum atomic E-state index is -0.413. The predicted octanol–water partition coefficient (Wildman–Crippen LogP) is 3.37. The molecule has 1 amide bonds. The third-order valence-corrected chi connectivity index (χ3v) is 3.39. The summed E-state index contributed by atoms with van der Waals surface area (Å²) in [6.07, 6.45) is 2.87. The number of hydrogen-bond donors (Lipinski definition) is 2. The van der Waals surface area contributed by atoms with Crippen LogP contribution in [-0.4, -0.2) is 25.2 Å². The Bertz CT molecular complexity index is 791. The summed E-state index contributed by atoms with van der Waals surface area (Å²) in [4.78, 5) is 11.9. The van der Waals surface area contributed by atoms with Gasteiger partial charge in [0.15, 0.2) is 5.11 Å². The molecule has 2 N–H and O–H groups in total. The van der Waals surface area contributed by atoms with Crippen LogP contribution in [0.1, 0.15) is 5.56 Å². The number of thiocarbonyl (C=S) groups is 1. The van der Waals surface area contributed by atoms with E-state index in [4.69, 9.17) is 21.7 Å². The summed E-state index contributed by atoms with van der Waals surface area (Å²) in [5.74, 6) is 0.427. The number of amides is 1. The molecule has 0 unspecified atom stereocenters. The molecule has 0 saturated carbocycles. The molecule has 2 aromatic carbocycles. The number of anilines is 1. The normalized spacial score (nSPS) is 10.4. The Balaban J connectivity index is 1.97. The van der Waals surface area contributed by atoms with E-state index >= 15 is 0 Å².